The highest BCUT2D eigenvalue weighted by Crippen LogP contribution is 2.53. The van der Waals surface area contributed by atoms with Crippen LogP contribution in [0.15, 0.2) is 176 Å². The smallest absolute Gasteiger partial charge is 0.252 e. The van der Waals surface area contributed by atoms with Crippen molar-refractivity contribution in [3.05, 3.63) is 198 Å². The molecule has 0 amide bonds. The zero-order valence-corrected chi connectivity index (χ0v) is 37.9. The van der Waals surface area contributed by atoms with Gasteiger partial charge in [-0.25, -0.2) is 0 Å². The average Bonchev–Trinajstić information content (AvgIpc) is 3.47. The largest absolute Gasteiger partial charge is 0.311 e. The van der Waals surface area contributed by atoms with Crippen LogP contribution in [0, 0.1) is 6.92 Å². The first-order valence-electron chi connectivity index (χ1n) is 22.8. The number of hydrogen-bond donors (Lipinski definition) is 0. The van der Waals surface area contributed by atoms with E-state index in [2.05, 4.69) is 241 Å². The molecular weight excluding hydrogens is 759 g/mol. The van der Waals surface area contributed by atoms with Crippen LogP contribution in [-0.4, -0.2) is 6.71 Å². The Morgan fingerprint density at radius 2 is 0.952 bits per heavy atom. The van der Waals surface area contributed by atoms with Crippen LogP contribution in [0.1, 0.15) is 77.1 Å². The minimum absolute atomic E-state index is 0.0113. The fourth-order valence-corrected chi connectivity index (χ4v) is 11.4. The average molecular weight is 815 g/mol. The van der Waals surface area contributed by atoms with E-state index < -0.39 is 0 Å². The number of fused-ring (bicyclic) bond motifs is 5. The zero-order valence-electron chi connectivity index (χ0n) is 37.9. The number of rotatable bonds is 5. The molecule has 3 aliphatic rings. The quantitative estimate of drug-likeness (QED) is 0.160. The van der Waals surface area contributed by atoms with Crippen molar-refractivity contribution in [3.8, 4) is 33.4 Å². The van der Waals surface area contributed by atoms with E-state index in [1.54, 1.807) is 0 Å². The summed E-state index contributed by atoms with van der Waals surface area (Å²) in [4.78, 5) is 5.20. The summed E-state index contributed by atoms with van der Waals surface area (Å²) in [7, 11) is 0. The van der Waals surface area contributed by atoms with Gasteiger partial charge in [-0.2, -0.15) is 0 Å². The topological polar surface area (TPSA) is 6.48 Å². The summed E-state index contributed by atoms with van der Waals surface area (Å²) in [5.41, 5.74) is 24.4. The lowest BCUT2D eigenvalue weighted by Gasteiger charge is -2.45. The molecule has 0 radical (unpaired) electrons. The van der Waals surface area contributed by atoms with Crippen LogP contribution in [0.2, 0.25) is 0 Å². The lowest BCUT2D eigenvalue weighted by Crippen LogP contribution is -2.61. The number of nitrogens with zero attached hydrogens (tertiary/aromatic N) is 2. The number of aryl methyl sites for hydroxylation is 1. The second-order valence-electron chi connectivity index (χ2n) is 20.6. The second kappa shape index (κ2) is 14.2. The molecular formula is C60H55BN2. The van der Waals surface area contributed by atoms with Crippen LogP contribution in [0.3, 0.4) is 0 Å². The molecule has 0 fully saturated rings. The van der Waals surface area contributed by atoms with Crippen LogP contribution in [0.25, 0.3) is 33.4 Å². The van der Waals surface area contributed by atoms with Crippen molar-refractivity contribution in [1.82, 2.24) is 0 Å². The van der Waals surface area contributed by atoms with Gasteiger partial charge in [0.05, 0.1) is 5.69 Å². The van der Waals surface area contributed by atoms with Crippen molar-refractivity contribution in [2.75, 3.05) is 9.80 Å². The van der Waals surface area contributed by atoms with Crippen molar-refractivity contribution in [1.29, 1.82) is 0 Å². The summed E-state index contributed by atoms with van der Waals surface area (Å²) in [6.07, 6.45) is 1.11. The molecule has 0 spiro atoms. The van der Waals surface area contributed by atoms with Crippen molar-refractivity contribution < 1.29 is 0 Å². The fraction of sp³-hybridized carbons (Fsp3) is 0.200. The molecule has 2 heterocycles. The maximum Gasteiger partial charge on any atom is 0.252 e. The van der Waals surface area contributed by atoms with Gasteiger partial charge in [0, 0.05) is 34.0 Å². The van der Waals surface area contributed by atoms with E-state index >= 15 is 0 Å². The Balaban J connectivity index is 1.24. The van der Waals surface area contributed by atoms with Gasteiger partial charge in [-0.3, -0.25) is 0 Å². The zero-order chi connectivity index (χ0) is 43.4. The first kappa shape index (κ1) is 39.3. The van der Waals surface area contributed by atoms with Gasteiger partial charge in [0.1, 0.15) is 0 Å². The molecule has 2 nitrogen and oxygen atoms in total. The van der Waals surface area contributed by atoms with E-state index in [0.717, 1.165) is 12.1 Å². The standard InChI is InChI=1S/C60H55BN2/c1-39-32-55-57-56(33-39)63(52-31-27-45(58(2,3)4)35-47(52)43-22-16-11-17-23-43)54-37-49-48(59(5,6)38-60(49,7)8)36-51(54)61(57)50-34-44(41-20-14-10-15-21-41)26-30-53(50)62(55)46-28-24-42(25-29-46)40-18-12-9-13-19-40/h9-37H,38H2,1-8H3. The summed E-state index contributed by atoms with van der Waals surface area (Å²) in [5, 5.41) is 0. The van der Waals surface area contributed by atoms with Gasteiger partial charge >= 0.3 is 0 Å². The predicted molar refractivity (Wildman–Crippen MR) is 271 cm³/mol. The Hall–Kier alpha value is -6.58. The minimum atomic E-state index is -0.0113. The van der Waals surface area contributed by atoms with Crippen molar-refractivity contribution in [2.45, 2.75) is 78.1 Å². The monoisotopic (exact) mass is 814 g/mol. The molecule has 11 rings (SSSR count). The van der Waals surface area contributed by atoms with E-state index in [1.807, 2.05) is 0 Å². The molecule has 8 aromatic carbocycles. The Kier molecular flexibility index (Phi) is 8.87. The van der Waals surface area contributed by atoms with Crippen LogP contribution in [0.4, 0.5) is 34.1 Å². The van der Waals surface area contributed by atoms with Gasteiger partial charge in [0.25, 0.3) is 6.71 Å². The van der Waals surface area contributed by atoms with Crippen LogP contribution < -0.4 is 26.2 Å². The molecule has 0 aromatic heterocycles. The first-order chi connectivity index (χ1) is 30.3. The number of anilines is 6. The van der Waals surface area contributed by atoms with Crippen molar-refractivity contribution >= 4 is 57.2 Å². The molecule has 0 bridgehead atoms. The highest BCUT2D eigenvalue weighted by atomic mass is 15.2. The maximum atomic E-state index is 2.65. The molecule has 0 unspecified atom stereocenters. The molecule has 2 aliphatic heterocycles. The normalized spacial score (nSPS) is 15.4. The minimum Gasteiger partial charge on any atom is -0.311 e. The first-order valence-corrected chi connectivity index (χ1v) is 22.8. The van der Waals surface area contributed by atoms with Crippen molar-refractivity contribution in [3.63, 3.8) is 0 Å². The van der Waals surface area contributed by atoms with E-state index in [1.165, 1.54) is 100 Å². The highest BCUT2D eigenvalue weighted by molar-refractivity contribution is 7.00. The summed E-state index contributed by atoms with van der Waals surface area (Å²) < 4.78 is 0. The van der Waals surface area contributed by atoms with E-state index in [0.29, 0.717) is 0 Å². The lowest BCUT2D eigenvalue weighted by molar-refractivity contribution is 0.403. The third-order valence-electron chi connectivity index (χ3n) is 14.2. The van der Waals surface area contributed by atoms with Crippen molar-refractivity contribution in [2.24, 2.45) is 0 Å². The molecule has 8 aromatic rings. The van der Waals surface area contributed by atoms with Crippen LogP contribution in [-0.2, 0) is 16.2 Å². The Bertz CT molecular complexity index is 3070. The summed E-state index contributed by atoms with van der Waals surface area (Å²) >= 11 is 0. The molecule has 308 valence electrons. The fourth-order valence-electron chi connectivity index (χ4n) is 11.4. The van der Waals surface area contributed by atoms with E-state index in [4.69, 9.17) is 0 Å². The van der Waals surface area contributed by atoms with Gasteiger partial charge < -0.3 is 9.80 Å². The SMILES string of the molecule is Cc1cc2c3c(c1)N(c1ccc(C(C)(C)C)cc1-c1ccccc1)c1cc4c(cc1B3c1cc(-c3ccccc3)ccc1N2c1ccc(-c2ccccc2)cc1)C(C)(C)CC4(C)C. The molecule has 0 atom stereocenters. The van der Waals surface area contributed by atoms with Gasteiger partial charge in [0.15, 0.2) is 0 Å². The molecule has 3 heteroatoms. The predicted octanol–water partition coefficient (Wildman–Crippen LogP) is 14.3. The third kappa shape index (κ3) is 6.38. The Labute approximate surface area is 375 Å². The Morgan fingerprint density at radius 3 is 1.57 bits per heavy atom. The highest BCUT2D eigenvalue weighted by Gasteiger charge is 2.48. The van der Waals surface area contributed by atoms with E-state index in [9.17, 15) is 0 Å². The second-order valence-corrected chi connectivity index (χ2v) is 20.6. The molecule has 0 saturated heterocycles. The third-order valence-corrected chi connectivity index (χ3v) is 14.2. The van der Waals surface area contributed by atoms with Gasteiger partial charge in [-0.1, -0.05) is 176 Å². The molecule has 63 heavy (non-hydrogen) atoms. The van der Waals surface area contributed by atoms with Gasteiger partial charge in [0.2, 0.25) is 0 Å². The molecule has 0 saturated carbocycles. The van der Waals surface area contributed by atoms with Gasteiger partial charge in [-0.05, 0) is 145 Å². The lowest BCUT2D eigenvalue weighted by atomic mass is 9.33. The van der Waals surface area contributed by atoms with E-state index in [-0.39, 0.29) is 23.0 Å². The summed E-state index contributed by atoms with van der Waals surface area (Å²) in [6, 6.07) is 66.5. The maximum absolute atomic E-state index is 2.65. The molecule has 0 N–H and O–H groups in total. The van der Waals surface area contributed by atoms with Crippen LogP contribution >= 0.6 is 0 Å². The summed E-state index contributed by atoms with van der Waals surface area (Å²) in [6.45, 7) is 19.1. The number of hydrogen-bond acceptors (Lipinski definition) is 2. The summed E-state index contributed by atoms with van der Waals surface area (Å²) in [5.74, 6) is 0. The molecule has 1 aliphatic carbocycles. The van der Waals surface area contributed by atoms with Crippen LogP contribution in [0.5, 0.6) is 0 Å². The number of benzene rings is 8. The Morgan fingerprint density at radius 1 is 0.444 bits per heavy atom. The van der Waals surface area contributed by atoms with Gasteiger partial charge in [-0.15, -0.1) is 0 Å².